The molecular formula is C29H33F4N3O8S2. The third-order valence-corrected chi connectivity index (χ3v) is 12.0. The number of halogens is 4. The molecule has 11 nitrogen and oxygen atoms in total. The standard InChI is InChI=1S/C29H33F4N3O8S2/c1-43-23-14-22(30)24(44-18-7-9-19(10-8-18)46(34,41)42)13-21(23)27(37)36-26-16-6-5-15(11-16)25(26)28(38)35-17-3-2-4-20(12-17)45(39,40)29(31,32)33/h2-4,12-16,18-19,25-26H,5-11H2,1H3,(H,35,38)(H,36,37)(H2,34,41,42)/t15-,16+,18-,19+,25-,26+/m0/s1. The Morgan fingerprint density at radius 3 is 2.24 bits per heavy atom. The Hall–Kier alpha value is -3.44. The van der Waals surface area contributed by atoms with Gasteiger partial charge in [-0.2, -0.15) is 13.2 Å². The van der Waals surface area contributed by atoms with Crippen LogP contribution >= 0.6 is 0 Å². The number of sulfonamides is 1. The molecule has 0 spiro atoms. The predicted octanol–water partition coefficient (Wildman–Crippen LogP) is 3.89. The molecule has 4 N–H and O–H groups in total. The number of benzene rings is 2. The highest BCUT2D eigenvalue weighted by Gasteiger charge is 2.52. The van der Waals surface area contributed by atoms with Gasteiger partial charge in [-0.15, -0.1) is 0 Å². The Bertz CT molecular complexity index is 1730. The number of methoxy groups -OCH3 is 1. The van der Waals surface area contributed by atoms with Crippen LogP contribution in [0, 0.1) is 23.6 Å². The number of nitrogens with one attached hydrogen (secondary N) is 2. The zero-order chi connectivity index (χ0) is 33.6. The van der Waals surface area contributed by atoms with E-state index in [0.29, 0.717) is 25.7 Å². The Balaban J connectivity index is 1.32. The summed E-state index contributed by atoms with van der Waals surface area (Å²) in [5.74, 6) is -3.39. The molecule has 3 fully saturated rings. The molecule has 2 bridgehead atoms. The second-order valence-electron chi connectivity index (χ2n) is 11.9. The van der Waals surface area contributed by atoms with Crippen molar-refractivity contribution in [2.45, 2.75) is 72.7 Å². The summed E-state index contributed by atoms with van der Waals surface area (Å²) in [6.07, 6.45) is 2.59. The predicted molar refractivity (Wildman–Crippen MR) is 157 cm³/mol. The van der Waals surface area contributed by atoms with E-state index in [1.54, 1.807) is 0 Å². The van der Waals surface area contributed by atoms with Crippen molar-refractivity contribution in [3.8, 4) is 11.5 Å². The van der Waals surface area contributed by atoms with Crippen molar-refractivity contribution in [1.29, 1.82) is 0 Å². The lowest BCUT2D eigenvalue weighted by molar-refractivity contribution is -0.122. The van der Waals surface area contributed by atoms with E-state index >= 15 is 0 Å². The first-order valence-corrected chi connectivity index (χ1v) is 17.7. The summed E-state index contributed by atoms with van der Waals surface area (Å²) in [5.41, 5.74) is -5.73. The molecule has 2 aromatic rings. The average Bonchev–Trinajstić information content (AvgIpc) is 3.59. The van der Waals surface area contributed by atoms with Crippen LogP contribution in [0.4, 0.5) is 23.2 Å². The molecule has 3 saturated carbocycles. The number of anilines is 1. The van der Waals surface area contributed by atoms with Crippen molar-refractivity contribution in [3.63, 3.8) is 0 Å². The molecule has 0 heterocycles. The van der Waals surface area contributed by atoms with Gasteiger partial charge in [-0.25, -0.2) is 26.4 Å². The molecule has 3 aliphatic carbocycles. The Kier molecular flexibility index (Phi) is 9.31. The van der Waals surface area contributed by atoms with Gasteiger partial charge in [0.15, 0.2) is 11.6 Å². The maximum atomic E-state index is 15.0. The Labute approximate surface area is 263 Å². The summed E-state index contributed by atoms with van der Waals surface area (Å²) in [6.45, 7) is 0. The molecule has 2 aromatic carbocycles. The molecule has 252 valence electrons. The maximum absolute atomic E-state index is 15.0. The minimum atomic E-state index is -5.64. The quantitative estimate of drug-likeness (QED) is 0.333. The molecule has 4 atom stereocenters. The molecule has 0 unspecified atom stereocenters. The first-order chi connectivity index (χ1) is 21.5. The van der Waals surface area contributed by atoms with Gasteiger partial charge in [-0.3, -0.25) is 9.59 Å². The molecule has 5 rings (SSSR count). The van der Waals surface area contributed by atoms with Gasteiger partial charge in [-0.1, -0.05) is 6.07 Å². The van der Waals surface area contributed by atoms with Gasteiger partial charge >= 0.3 is 5.51 Å². The summed E-state index contributed by atoms with van der Waals surface area (Å²) < 4.78 is 112. The van der Waals surface area contributed by atoms with E-state index in [0.717, 1.165) is 30.7 Å². The number of nitrogens with two attached hydrogens (primary N) is 1. The lowest BCUT2D eigenvalue weighted by Gasteiger charge is -2.31. The maximum Gasteiger partial charge on any atom is 0.501 e. The van der Waals surface area contributed by atoms with E-state index in [4.69, 9.17) is 14.6 Å². The smallest absolute Gasteiger partial charge is 0.496 e. The average molecular weight is 692 g/mol. The molecule has 0 radical (unpaired) electrons. The first kappa shape index (κ1) is 33.9. The van der Waals surface area contributed by atoms with Crippen LogP contribution in [0.5, 0.6) is 11.5 Å². The van der Waals surface area contributed by atoms with E-state index in [9.17, 15) is 44.0 Å². The molecule has 0 aliphatic heterocycles. The number of primary sulfonamides is 1. The van der Waals surface area contributed by atoms with Crippen LogP contribution in [-0.4, -0.2) is 58.7 Å². The van der Waals surface area contributed by atoms with Crippen molar-refractivity contribution >= 4 is 37.4 Å². The van der Waals surface area contributed by atoms with Crippen molar-refractivity contribution in [2.24, 2.45) is 22.9 Å². The van der Waals surface area contributed by atoms with E-state index < -0.39 is 71.2 Å². The number of fused-ring (bicyclic) bond motifs is 2. The molecular weight excluding hydrogens is 658 g/mol. The fourth-order valence-corrected chi connectivity index (χ4v) is 8.57. The zero-order valence-electron chi connectivity index (χ0n) is 24.5. The second-order valence-corrected chi connectivity index (χ2v) is 15.7. The van der Waals surface area contributed by atoms with Crippen LogP contribution in [0.25, 0.3) is 0 Å². The van der Waals surface area contributed by atoms with Crippen molar-refractivity contribution in [1.82, 2.24) is 5.32 Å². The Morgan fingerprint density at radius 2 is 1.61 bits per heavy atom. The van der Waals surface area contributed by atoms with Crippen LogP contribution in [0.15, 0.2) is 41.3 Å². The van der Waals surface area contributed by atoms with E-state index in [-0.39, 0.29) is 47.4 Å². The molecule has 0 saturated heterocycles. The lowest BCUT2D eigenvalue weighted by Crippen LogP contribution is -2.48. The number of hydrogen-bond donors (Lipinski definition) is 3. The van der Waals surface area contributed by atoms with Crippen molar-refractivity contribution in [2.75, 3.05) is 12.4 Å². The number of ether oxygens (including phenoxy) is 2. The van der Waals surface area contributed by atoms with Gasteiger partial charge in [-0.05, 0) is 81.0 Å². The molecule has 2 amide bonds. The van der Waals surface area contributed by atoms with Crippen LogP contribution in [0.2, 0.25) is 0 Å². The highest BCUT2D eigenvalue weighted by atomic mass is 32.2. The van der Waals surface area contributed by atoms with E-state index in [1.807, 2.05) is 0 Å². The van der Waals surface area contributed by atoms with Gasteiger partial charge in [0.25, 0.3) is 15.7 Å². The van der Waals surface area contributed by atoms with E-state index in [2.05, 4.69) is 10.6 Å². The summed E-state index contributed by atoms with van der Waals surface area (Å²) in [6, 6.07) is 5.36. The van der Waals surface area contributed by atoms with E-state index in [1.165, 1.54) is 19.2 Å². The lowest BCUT2D eigenvalue weighted by atomic mass is 9.83. The number of amides is 2. The van der Waals surface area contributed by atoms with Crippen LogP contribution in [-0.2, 0) is 24.7 Å². The number of hydrogen-bond acceptors (Lipinski definition) is 8. The first-order valence-electron chi connectivity index (χ1n) is 14.6. The van der Waals surface area contributed by atoms with Crippen molar-refractivity contribution < 1.29 is 53.5 Å². The third-order valence-electron chi connectivity index (χ3n) is 9.11. The van der Waals surface area contributed by atoms with Gasteiger partial charge in [0.05, 0.1) is 34.8 Å². The number of sulfone groups is 1. The molecule has 0 aromatic heterocycles. The summed E-state index contributed by atoms with van der Waals surface area (Å²) in [5, 5.41) is 9.90. The van der Waals surface area contributed by atoms with Crippen molar-refractivity contribution in [3.05, 3.63) is 47.8 Å². The van der Waals surface area contributed by atoms with Gasteiger partial charge in [0, 0.05) is 17.8 Å². The number of alkyl halides is 3. The van der Waals surface area contributed by atoms with Crippen LogP contribution in [0.3, 0.4) is 0 Å². The molecule has 3 aliphatic rings. The minimum Gasteiger partial charge on any atom is -0.496 e. The summed E-state index contributed by atoms with van der Waals surface area (Å²) in [7, 11) is -8.09. The van der Waals surface area contributed by atoms with Gasteiger partial charge in [0.2, 0.25) is 15.9 Å². The van der Waals surface area contributed by atoms with Crippen LogP contribution in [0.1, 0.15) is 55.3 Å². The highest BCUT2D eigenvalue weighted by Crippen LogP contribution is 2.49. The monoisotopic (exact) mass is 691 g/mol. The fraction of sp³-hybridized carbons (Fsp3) is 0.517. The fourth-order valence-electron chi connectivity index (χ4n) is 6.84. The number of carbonyl (C=O) groups is 2. The topological polar surface area (TPSA) is 171 Å². The number of rotatable bonds is 9. The number of carbonyl (C=O) groups excluding carboxylic acids is 2. The molecule has 17 heteroatoms. The largest absolute Gasteiger partial charge is 0.501 e. The Morgan fingerprint density at radius 1 is 0.935 bits per heavy atom. The summed E-state index contributed by atoms with van der Waals surface area (Å²) in [4.78, 5) is 26.0. The zero-order valence-corrected chi connectivity index (χ0v) is 26.2. The normalized spacial score (nSPS) is 26.4. The SMILES string of the molecule is COc1cc(F)c(O[C@H]2CC[C@@H](S(N)(=O)=O)CC2)cc1C(=O)N[C@@H]1[C@@H]2CC[C@@H](C2)[C@@H]1C(=O)Nc1cccc(S(=O)(=O)C(F)(F)F)c1. The van der Waals surface area contributed by atoms with Gasteiger partial charge in [0.1, 0.15) is 5.75 Å². The minimum absolute atomic E-state index is 0.0656. The molecule has 46 heavy (non-hydrogen) atoms. The summed E-state index contributed by atoms with van der Waals surface area (Å²) >= 11 is 0. The highest BCUT2D eigenvalue weighted by molar-refractivity contribution is 7.92. The third kappa shape index (κ3) is 6.81. The van der Waals surface area contributed by atoms with Gasteiger partial charge < -0.3 is 20.1 Å². The van der Waals surface area contributed by atoms with Crippen LogP contribution < -0.4 is 25.2 Å². The second kappa shape index (κ2) is 12.6.